The number of ether oxygens (including phenoxy) is 2. The van der Waals surface area contributed by atoms with E-state index in [4.69, 9.17) is 15.2 Å². The highest BCUT2D eigenvalue weighted by molar-refractivity contribution is 5.69. The molecule has 1 aliphatic rings. The van der Waals surface area contributed by atoms with Gasteiger partial charge in [-0.3, -0.25) is 9.36 Å². The maximum absolute atomic E-state index is 12.1. The van der Waals surface area contributed by atoms with Crippen molar-refractivity contribution in [3.05, 3.63) is 34.9 Å². The van der Waals surface area contributed by atoms with Gasteiger partial charge in [-0.2, -0.15) is 4.98 Å². The molecule has 0 amide bonds. The van der Waals surface area contributed by atoms with Gasteiger partial charge >= 0.3 is 11.7 Å². The molecule has 9 heteroatoms. The van der Waals surface area contributed by atoms with Crippen molar-refractivity contribution in [1.29, 1.82) is 0 Å². The molecule has 36 heavy (non-hydrogen) atoms. The number of nitrogen functional groups attached to an aromatic ring is 1. The van der Waals surface area contributed by atoms with Gasteiger partial charge in [0.1, 0.15) is 30.7 Å². The molecule has 1 fully saturated rings. The van der Waals surface area contributed by atoms with Crippen LogP contribution >= 0.6 is 0 Å². The quantitative estimate of drug-likeness (QED) is 0.154. The zero-order valence-corrected chi connectivity index (χ0v) is 21.7. The lowest BCUT2D eigenvalue weighted by Crippen LogP contribution is -2.36. The largest absolute Gasteiger partial charge is 0.463 e. The molecule has 0 saturated carbocycles. The van der Waals surface area contributed by atoms with Crippen molar-refractivity contribution in [3.8, 4) is 0 Å². The molecule has 4 atom stereocenters. The fourth-order valence-electron chi connectivity index (χ4n) is 4.30. The van der Waals surface area contributed by atoms with Crippen molar-refractivity contribution in [3.63, 3.8) is 0 Å². The third-order valence-electron chi connectivity index (χ3n) is 6.51. The van der Waals surface area contributed by atoms with Crippen molar-refractivity contribution in [2.24, 2.45) is 0 Å². The number of hydrogen-bond donors (Lipinski definition) is 3. The third kappa shape index (κ3) is 10.8. The molecule has 9 nitrogen and oxygen atoms in total. The first-order chi connectivity index (χ1) is 17.4. The average Bonchev–Trinajstić information content (AvgIpc) is 3.13. The summed E-state index contributed by atoms with van der Waals surface area (Å²) in [4.78, 5) is 27.6. The minimum Gasteiger partial charge on any atom is -0.463 e. The van der Waals surface area contributed by atoms with Crippen LogP contribution in [-0.2, 0) is 14.3 Å². The van der Waals surface area contributed by atoms with Crippen molar-refractivity contribution in [2.45, 2.75) is 121 Å². The lowest BCUT2D eigenvalue weighted by atomic mass is 10.1. The second kappa shape index (κ2) is 17.3. The number of nitrogens with zero attached hydrogens (tertiary/aromatic N) is 2. The number of allylic oxidation sites excluding steroid dienone is 2. The lowest BCUT2D eigenvalue weighted by Gasteiger charge is -2.16. The molecule has 0 spiro atoms. The number of aromatic nitrogens is 2. The summed E-state index contributed by atoms with van der Waals surface area (Å²) in [5.74, 6) is -0.321. The molecule has 0 aliphatic carbocycles. The molecular weight excluding hydrogens is 462 g/mol. The Morgan fingerprint density at radius 2 is 1.64 bits per heavy atom. The monoisotopic (exact) mass is 507 g/mol. The van der Waals surface area contributed by atoms with Crippen LogP contribution in [0.4, 0.5) is 5.82 Å². The third-order valence-corrected chi connectivity index (χ3v) is 6.51. The molecule has 0 radical (unpaired) electrons. The summed E-state index contributed by atoms with van der Waals surface area (Å²) in [6, 6.07) is 1.39. The normalized spacial score (nSPS) is 21.9. The van der Waals surface area contributed by atoms with E-state index in [1.54, 1.807) is 0 Å². The number of carbonyl (C=O) groups excluding carboxylic acids is 1. The summed E-state index contributed by atoms with van der Waals surface area (Å²) in [6.07, 6.45) is 17.0. The minimum atomic E-state index is -1.36. The first-order valence-corrected chi connectivity index (χ1v) is 13.6. The zero-order valence-electron chi connectivity index (χ0n) is 21.7. The maximum Gasteiger partial charge on any atom is 0.351 e. The van der Waals surface area contributed by atoms with Crippen molar-refractivity contribution >= 4 is 11.8 Å². The smallest absolute Gasteiger partial charge is 0.351 e. The van der Waals surface area contributed by atoms with Gasteiger partial charge in [-0.25, -0.2) is 4.79 Å². The Morgan fingerprint density at radius 3 is 2.28 bits per heavy atom. The number of aliphatic hydroxyl groups is 2. The van der Waals surface area contributed by atoms with Gasteiger partial charge in [0, 0.05) is 12.6 Å². The molecule has 1 aromatic rings. The Bertz CT molecular complexity index is 843. The molecule has 0 aromatic carbocycles. The molecule has 2 heterocycles. The average molecular weight is 508 g/mol. The standard InChI is InChI=1S/C27H45N3O6/c1-2-3-4-5-6-7-8-9-10-11-12-13-14-15-16-17-23(31)35-20-21-24(32)25(33)26(36-21)30-19-18-22(28)29-27(30)34/h9-10,18-19,21,24-26,32-33H,2-8,11-17,20H2,1H3,(H2,28,29,34)/b10-9+/t21-,24-,25+,26-/m0/s1. The van der Waals surface area contributed by atoms with E-state index in [0.29, 0.717) is 6.42 Å². The highest BCUT2D eigenvalue weighted by Crippen LogP contribution is 2.28. The molecule has 4 N–H and O–H groups in total. The summed E-state index contributed by atoms with van der Waals surface area (Å²) < 4.78 is 11.9. The van der Waals surface area contributed by atoms with Gasteiger partial charge in [-0.15, -0.1) is 0 Å². The summed E-state index contributed by atoms with van der Waals surface area (Å²) in [6.45, 7) is 2.05. The van der Waals surface area contributed by atoms with E-state index < -0.39 is 30.2 Å². The Morgan fingerprint density at radius 1 is 1.03 bits per heavy atom. The molecule has 0 unspecified atom stereocenters. The zero-order chi connectivity index (χ0) is 26.2. The van der Waals surface area contributed by atoms with Crippen LogP contribution < -0.4 is 11.4 Å². The van der Waals surface area contributed by atoms with E-state index in [1.165, 1.54) is 63.6 Å². The van der Waals surface area contributed by atoms with Gasteiger partial charge in [-0.1, -0.05) is 70.4 Å². The van der Waals surface area contributed by atoms with Gasteiger partial charge in [0.15, 0.2) is 6.23 Å². The first kappa shape index (κ1) is 30.0. The fraction of sp³-hybridized carbons (Fsp3) is 0.741. The number of esters is 1. The first-order valence-electron chi connectivity index (χ1n) is 13.6. The summed E-state index contributed by atoms with van der Waals surface area (Å²) >= 11 is 0. The number of carbonyl (C=O) groups is 1. The summed E-state index contributed by atoms with van der Waals surface area (Å²) in [5, 5.41) is 20.5. The highest BCUT2D eigenvalue weighted by Gasteiger charge is 2.44. The molecule has 1 saturated heterocycles. The van der Waals surface area contributed by atoms with E-state index >= 15 is 0 Å². The number of anilines is 1. The van der Waals surface area contributed by atoms with Crippen LogP contribution in [0.25, 0.3) is 0 Å². The van der Waals surface area contributed by atoms with Gasteiger partial charge in [0.2, 0.25) is 0 Å². The van der Waals surface area contributed by atoms with Gasteiger partial charge in [0.25, 0.3) is 0 Å². The lowest BCUT2D eigenvalue weighted by molar-refractivity contribution is -0.150. The Kier molecular flexibility index (Phi) is 14.4. The molecular formula is C27H45N3O6. The second-order valence-electron chi connectivity index (χ2n) is 9.61. The molecule has 1 aliphatic heterocycles. The van der Waals surface area contributed by atoms with Crippen LogP contribution in [0.5, 0.6) is 0 Å². The Labute approximate surface area is 214 Å². The Balaban J connectivity index is 1.50. The number of aliphatic hydroxyl groups excluding tert-OH is 2. The highest BCUT2D eigenvalue weighted by atomic mass is 16.6. The van der Waals surface area contributed by atoms with Crippen molar-refractivity contribution in [2.75, 3.05) is 12.3 Å². The van der Waals surface area contributed by atoms with Gasteiger partial charge < -0.3 is 25.4 Å². The van der Waals surface area contributed by atoms with E-state index in [1.807, 2.05) is 0 Å². The van der Waals surface area contributed by atoms with Crippen LogP contribution in [0.15, 0.2) is 29.2 Å². The fourth-order valence-corrected chi connectivity index (χ4v) is 4.30. The van der Waals surface area contributed by atoms with E-state index in [9.17, 15) is 19.8 Å². The molecule has 0 bridgehead atoms. The van der Waals surface area contributed by atoms with Crippen LogP contribution in [0.1, 0.15) is 103 Å². The van der Waals surface area contributed by atoms with E-state index in [0.717, 1.165) is 36.7 Å². The van der Waals surface area contributed by atoms with Gasteiger partial charge in [-0.05, 0) is 38.2 Å². The van der Waals surface area contributed by atoms with Gasteiger partial charge in [0.05, 0.1) is 0 Å². The van der Waals surface area contributed by atoms with E-state index in [-0.39, 0.29) is 18.4 Å². The number of hydrogen-bond acceptors (Lipinski definition) is 8. The van der Waals surface area contributed by atoms with Crippen LogP contribution in [-0.4, -0.2) is 50.7 Å². The topological polar surface area (TPSA) is 137 Å². The second-order valence-corrected chi connectivity index (χ2v) is 9.61. The van der Waals surface area contributed by atoms with Crippen molar-refractivity contribution < 1.29 is 24.5 Å². The van der Waals surface area contributed by atoms with Crippen LogP contribution in [0.3, 0.4) is 0 Å². The van der Waals surface area contributed by atoms with Crippen LogP contribution in [0.2, 0.25) is 0 Å². The number of unbranched alkanes of at least 4 members (excludes halogenated alkanes) is 11. The van der Waals surface area contributed by atoms with Crippen LogP contribution in [0, 0.1) is 0 Å². The maximum atomic E-state index is 12.1. The molecule has 204 valence electrons. The van der Waals surface area contributed by atoms with E-state index in [2.05, 4.69) is 24.1 Å². The Hall–Kier alpha value is -2.23. The summed E-state index contributed by atoms with van der Waals surface area (Å²) in [5.41, 5.74) is 4.77. The predicted octanol–water partition coefficient (Wildman–Crippen LogP) is 4.03. The minimum absolute atomic E-state index is 0.0467. The van der Waals surface area contributed by atoms with Crippen molar-refractivity contribution in [1.82, 2.24) is 9.55 Å². The number of rotatable bonds is 18. The SMILES string of the molecule is CCCCCCCC/C=C/CCCCCCCC(=O)OC[C@@H]1O[C@H](n2ccc(N)nc2=O)[C@H](O)[C@H]1O. The summed E-state index contributed by atoms with van der Waals surface area (Å²) in [7, 11) is 0. The molecule has 2 rings (SSSR count). The predicted molar refractivity (Wildman–Crippen MR) is 139 cm³/mol. The number of nitrogens with two attached hydrogens (primary N) is 1. The molecule has 1 aromatic heterocycles.